The summed E-state index contributed by atoms with van der Waals surface area (Å²) in [7, 11) is 4.93. The first-order valence-corrected chi connectivity index (χ1v) is 13.8. The Morgan fingerprint density at radius 2 is 1.37 bits per heavy atom. The molecule has 2 aliphatic carbocycles. The van der Waals surface area contributed by atoms with Crippen molar-refractivity contribution in [2.75, 3.05) is 18.5 Å². The van der Waals surface area contributed by atoms with Crippen LogP contribution < -0.4 is 0 Å². The predicted molar refractivity (Wildman–Crippen MR) is 129 cm³/mol. The molecule has 2 aliphatic rings. The Kier molecular flexibility index (Phi) is 25.2. The molecule has 0 aromatic heterocycles. The van der Waals surface area contributed by atoms with Gasteiger partial charge in [-0.15, -0.1) is 7.92 Å². The third-order valence-corrected chi connectivity index (χ3v) is 6.90. The van der Waals surface area contributed by atoms with Gasteiger partial charge in [-0.2, -0.15) is 5.92 Å². The Morgan fingerprint density at radius 1 is 0.900 bits per heavy atom. The molecule has 0 spiro atoms. The van der Waals surface area contributed by atoms with Crippen LogP contribution in [-0.2, 0) is 35.2 Å². The van der Waals surface area contributed by atoms with Crippen LogP contribution in [0.5, 0.6) is 0 Å². The van der Waals surface area contributed by atoms with Crippen molar-refractivity contribution < 1.29 is 35.2 Å². The molecular formula is C25H33ClFeNPPd+2. The minimum Gasteiger partial charge on any atom is 2.00 e. The quantitative estimate of drug-likeness (QED) is 0.148. The molecule has 166 valence electrons. The Bertz CT molecular complexity index is 497. The van der Waals surface area contributed by atoms with Gasteiger partial charge >= 0.3 is 44.8 Å². The number of hydrogen-bond acceptors (Lipinski definition) is 1. The summed E-state index contributed by atoms with van der Waals surface area (Å²) in [6, 6.07) is 8.20. The van der Waals surface area contributed by atoms with E-state index in [1.807, 2.05) is 70.4 Å². The average Bonchev–Trinajstić information content (AvgIpc) is 3.50. The molecule has 0 atom stereocenters. The topological polar surface area (TPSA) is 12.4 Å². The van der Waals surface area contributed by atoms with E-state index in [2.05, 4.69) is 79.0 Å². The van der Waals surface area contributed by atoms with Crippen LogP contribution in [0.25, 0.3) is 0 Å². The Balaban J connectivity index is 0. The zero-order chi connectivity index (χ0) is 21.9. The fraction of sp³-hybridized carbons (Fsp3) is 0.320. The second-order valence-corrected chi connectivity index (χ2v) is 9.44. The minimum absolute atomic E-state index is 0. The smallest absolute Gasteiger partial charge is 2.00 e. The fourth-order valence-electron chi connectivity index (χ4n) is 2.42. The van der Waals surface area contributed by atoms with Crippen LogP contribution in [0, 0.1) is 70.6 Å². The van der Waals surface area contributed by atoms with E-state index >= 15 is 0 Å². The van der Waals surface area contributed by atoms with Crippen LogP contribution in [0.1, 0.15) is 33.3 Å². The molecule has 2 saturated carbocycles. The summed E-state index contributed by atoms with van der Waals surface area (Å²) in [6.45, 7) is 11.0. The number of nitrogens with zero attached hydrogens (tertiary/aromatic N) is 1. The van der Waals surface area contributed by atoms with E-state index in [1.165, 1.54) is 24.0 Å². The van der Waals surface area contributed by atoms with E-state index in [0.29, 0.717) is 7.92 Å². The molecule has 10 radical (unpaired) electrons. The summed E-state index contributed by atoms with van der Waals surface area (Å²) in [5.41, 5.74) is 3.25. The Hall–Kier alpha value is 0.792. The second kappa shape index (κ2) is 23.0. The maximum absolute atomic E-state index is 4.53. The summed E-state index contributed by atoms with van der Waals surface area (Å²) in [5.74, 6) is 1.07. The van der Waals surface area contributed by atoms with Crippen molar-refractivity contribution >= 4 is 28.8 Å². The van der Waals surface area contributed by atoms with Crippen LogP contribution >= 0.6 is 17.5 Å². The van der Waals surface area contributed by atoms with Gasteiger partial charge in [-0.1, -0.05) is 51.3 Å². The first-order valence-electron chi connectivity index (χ1n) is 9.87. The van der Waals surface area contributed by atoms with E-state index in [-0.39, 0.29) is 17.1 Å². The first-order chi connectivity index (χ1) is 14.1. The number of halogens is 1. The van der Waals surface area contributed by atoms with Crippen molar-refractivity contribution in [1.29, 1.82) is 0 Å². The normalized spacial score (nSPS) is 15.8. The summed E-state index contributed by atoms with van der Waals surface area (Å²) >= 11 is 2.22. The number of hydrogen-bond donors (Lipinski definition) is 0. The summed E-state index contributed by atoms with van der Waals surface area (Å²) in [6.07, 6.45) is 23.3. The third kappa shape index (κ3) is 16.4. The van der Waals surface area contributed by atoms with E-state index in [1.54, 1.807) is 0 Å². The van der Waals surface area contributed by atoms with Crippen LogP contribution in [0.15, 0.2) is 29.3 Å². The maximum Gasteiger partial charge on any atom is 2.00 e. The monoisotopic (exact) mass is 575 g/mol. The number of aliphatic imine (C=N–C) groups is 1. The molecule has 0 unspecified atom stereocenters. The van der Waals surface area contributed by atoms with Gasteiger partial charge in [0, 0.05) is 0 Å². The molecule has 1 aromatic carbocycles. The zero-order valence-corrected chi connectivity index (χ0v) is 22.8. The molecule has 2 fully saturated rings. The molecule has 0 heterocycles. The molecule has 3 rings (SSSR count). The van der Waals surface area contributed by atoms with Crippen LogP contribution in [0.4, 0.5) is 5.69 Å². The number of benzene rings is 1. The van der Waals surface area contributed by atoms with Crippen molar-refractivity contribution in [3.05, 3.63) is 93.5 Å². The molecule has 0 bridgehead atoms. The van der Waals surface area contributed by atoms with Gasteiger partial charge in [-0.25, -0.2) is 6.42 Å². The predicted octanol–water partition coefficient (Wildman–Crippen LogP) is 7.60. The molecule has 1 aromatic rings. The zero-order valence-electron chi connectivity index (χ0n) is 18.5. The van der Waals surface area contributed by atoms with E-state index in [4.69, 9.17) is 0 Å². The van der Waals surface area contributed by atoms with Crippen LogP contribution in [0.3, 0.4) is 0 Å². The fourth-order valence-corrected chi connectivity index (χ4v) is 3.76. The van der Waals surface area contributed by atoms with Crippen molar-refractivity contribution in [1.82, 2.24) is 0 Å². The molecule has 30 heavy (non-hydrogen) atoms. The maximum atomic E-state index is 4.53. The van der Waals surface area contributed by atoms with Gasteiger partial charge in [0.15, 0.2) is 0 Å². The molecule has 0 N–H and O–H groups in total. The van der Waals surface area contributed by atoms with Gasteiger partial charge < -0.3 is 6.42 Å². The minimum atomic E-state index is 0. The second-order valence-electron chi connectivity index (χ2n) is 6.20. The molecule has 5 heteroatoms. The van der Waals surface area contributed by atoms with Gasteiger partial charge in [0.25, 0.3) is 0 Å². The first kappa shape index (κ1) is 33.0. The molecule has 0 amide bonds. The summed E-state index contributed by atoms with van der Waals surface area (Å²) in [5, 5.41) is 0. The summed E-state index contributed by atoms with van der Waals surface area (Å²) in [4.78, 5) is 4.53. The average molecular weight is 576 g/mol. The molecule has 0 saturated heterocycles. The standard InChI is InChI=1S/C14H13N.C6H15P.C5H5.ClH.Fe.Pd/c1-11-7-9-14(10-8-11)15-12(2)13-5-3-4-6-13;1-4-7(5-2)6-3;1-2-4-5-3-1;;;/h3-5,7-10H,1-2H3;4-6H2,1-3H3;1-5H;1H;;/q-1;;;;2*+2/p-1. The number of rotatable bonds is 5. The van der Waals surface area contributed by atoms with Crippen LogP contribution in [-0.4, -0.2) is 24.2 Å². The SMILES string of the molecule is CC(=Nc1ccc(C)cc1)[C]1[C-][CH][CH][CH]1.CCP(CC)CC.[CH]1[CH][CH][CH][CH]1.[Cl][Pd+].[Fe+2]. The third-order valence-electron chi connectivity index (χ3n) is 4.22. The largest absolute Gasteiger partial charge is 2.00 e. The number of aryl methyl sites for hydroxylation is 1. The van der Waals surface area contributed by atoms with Crippen molar-refractivity contribution in [2.24, 2.45) is 4.99 Å². The van der Waals surface area contributed by atoms with Crippen molar-refractivity contribution in [3.63, 3.8) is 0 Å². The Morgan fingerprint density at radius 3 is 1.70 bits per heavy atom. The Labute approximate surface area is 214 Å². The van der Waals surface area contributed by atoms with Crippen LogP contribution in [0.2, 0.25) is 0 Å². The van der Waals surface area contributed by atoms with Gasteiger partial charge in [0.1, 0.15) is 0 Å². The molecule has 1 nitrogen and oxygen atoms in total. The van der Waals surface area contributed by atoms with Crippen molar-refractivity contribution in [3.8, 4) is 0 Å². The van der Waals surface area contributed by atoms with E-state index in [0.717, 1.165) is 17.3 Å². The molecular weight excluding hydrogens is 543 g/mol. The van der Waals surface area contributed by atoms with Gasteiger partial charge in [-0.3, -0.25) is 4.99 Å². The van der Waals surface area contributed by atoms with Gasteiger partial charge in [0.05, 0.1) is 5.69 Å². The van der Waals surface area contributed by atoms with Gasteiger partial charge in [0.2, 0.25) is 0 Å². The summed E-state index contributed by atoms with van der Waals surface area (Å²) < 4.78 is 0. The van der Waals surface area contributed by atoms with E-state index in [9.17, 15) is 0 Å². The van der Waals surface area contributed by atoms with E-state index < -0.39 is 0 Å². The van der Waals surface area contributed by atoms with Crippen molar-refractivity contribution in [2.45, 2.75) is 34.6 Å². The molecule has 0 aliphatic heterocycles. The van der Waals surface area contributed by atoms with Gasteiger partial charge in [-0.05, 0) is 82.3 Å².